The van der Waals surface area contributed by atoms with Crippen molar-refractivity contribution in [2.75, 3.05) is 6.54 Å². The Morgan fingerprint density at radius 3 is 2.22 bits per heavy atom. The van der Waals surface area contributed by atoms with Crippen LogP contribution in [0.2, 0.25) is 0 Å². The maximum atomic E-state index is 13.3. The molecule has 1 spiro atoms. The van der Waals surface area contributed by atoms with E-state index in [0.29, 0.717) is 24.9 Å². The minimum absolute atomic E-state index is 0.0708. The van der Waals surface area contributed by atoms with Crippen LogP contribution in [0.1, 0.15) is 31.4 Å². The zero-order valence-electron chi connectivity index (χ0n) is 14.9. The van der Waals surface area contributed by atoms with Crippen molar-refractivity contribution in [2.45, 2.75) is 36.2 Å². The molecule has 2 heterocycles. The third-order valence-corrected chi connectivity index (χ3v) is 7.24. The van der Waals surface area contributed by atoms with Gasteiger partial charge in [-0.25, -0.2) is 12.7 Å². The summed E-state index contributed by atoms with van der Waals surface area (Å²) >= 11 is 0. The van der Waals surface area contributed by atoms with Gasteiger partial charge in [0.25, 0.3) is 15.9 Å². The van der Waals surface area contributed by atoms with Gasteiger partial charge in [0.1, 0.15) is 11.6 Å². The molecular weight excluding hydrogens is 364 g/mol. The number of sulfonamides is 1. The first-order chi connectivity index (χ1) is 12.9. The van der Waals surface area contributed by atoms with Gasteiger partial charge in [-0.05, 0) is 30.5 Å². The molecule has 0 aliphatic carbocycles. The first-order valence-corrected chi connectivity index (χ1v) is 10.3. The van der Waals surface area contributed by atoms with Crippen LogP contribution >= 0.6 is 0 Å². The smallest absolute Gasteiger partial charge is 0.267 e. The average Bonchev–Trinajstić information content (AvgIpc) is 3.14. The molecular formula is C20H20N2O4S. The van der Waals surface area contributed by atoms with Crippen molar-refractivity contribution in [1.82, 2.24) is 9.21 Å². The Labute approximate surface area is 158 Å². The molecule has 27 heavy (non-hydrogen) atoms. The Bertz CT molecular complexity index is 991. The standard InChI is InChI=1S/C20H20N2O4S/c1-15(23)21-14-8-13-20(21)18(16-9-4-2-5-10-16)22(19(20)24)27(25,26)17-11-6-3-7-12-17/h2-7,9-12,18H,8,13-14H2,1H3/t18-,20+/m0/s1. The van der Waals surface area contributed by atoms with Gasteiger partial charge in [-0.3, -0.25) is 9.59 Å². The summed E-state index contributed by atoms with van der Waals surface area (Å²) in [4.78, 5) is 27.1. The van der Waals surface area contributed by atoms with Crippen molar-refractivity contribution in [3.05, 3.63) is 66.2 Å². The van der Waals surface area contributed by atoms with Crippen LogP contribution in [-0.2, 0) is 19.6 Å². The summed E-state index contributed by atoms with van der Waals surface area (Å²) in [6.07, 6.45) is 1.14. The molecule has 2 aromatic carbocycles. The second-order valence-electron chi connectivity index (χ2n) is 6.93. The highest BCUT2D eigenvalue weighted by atomic mass is 32.2. The molecule has 6 nitrogen and oxygen atoms in total. The van der Waals surface area contributed by atoms with E-state index in [4.69, 9.17) is 0 Å². The van der Waals surface area contributed by atoms with E-state index < -0.39 is 27.5 Å². The lowest BCUT2D eigenvalue weighted by atomic mass is 9.75. The zero-order chi connectivity index (χ0) is 19.2. The fourth-order valence-corrected chi connectivity index (χ4v) is 6.02. The summed E-state index contributed by atoms with van der Waals surface area (Å²) in [5.74, 6) is -0.730. The van der Waals surface area contributed by atoms with E-state index in [1.165, 1.54) is 19.1 Å². The van der Waals surface area contributed by atoms with Crippen molar-refractivity contribution in [1.29, 1.82) is 0 Å². The number of benzene rings is 2. The number of carbonyl (C=O) groups excluding carboxylic acids is 2. The van der Waals surface area contributed by atoms with Crippen LogP contribution in [0.25, 0.3) is 0 Å². The summed E-state index contributed by atoms with van der Waals surface area (Å²) in [5, 5.41) is 0. The minimum Gasteiger partial charge on any atom is -0.326 e. The molecule has 0 saturated carbocycles. The summed E-state index contributed by atoms with van der Waals surface area (Å²) in [6, 6.07) is 16.3. The first-order valence-electron chi connectivity index (χ1n) is 8.88. The fourth-order valence-electron chi connectivity index (χ4n) is 4.34. The highest BCUT2D eigenvalue weighted by Gasteiger charge is 2.69. The van der Waals surface area contributed by atoms with Crippen LogP contribution < -0.4 is 0 Å². The van der Waals surface area contributed by atoms with Crippen molar-refractivity contribution in [3.63, 3.8) is 0 Å². The molecule has 4 rings (SSSR count). The number of nitrogens with zero attached hydrogens (tertiary/aromatic N) is 2. The number of carbonyl (C=O) groups is 2. The molecule has 2 amide bonds. The predicted molar refractivity (Wildman–Crippen MR) is 99.0 cm³/mol. The highest BCUT2D eigenvalue weighted by Crippen LogP contribution is 2.54. The summed E-state index contributed by atoms with van der Waals surface area (Å²) < 4.78 is 27.4. The lowest BCUT2D eigenvalue weighted by molar-refractivity contribution is -0.168. The Kier molecular flexibility index (Phi) is 4.07. The molecule has 2 atom stereocenters. The van der Waals surface area contributed by atoms with Gasteiger partial charge in [0.05, 0.1) is 4.90 Å². The molecule has 0 unspecified atom stereocenters. The average molecular weight is 384 g/mol. The maximum absolute atomic E-state index is 13.3. The molecule has 140 valence electrons. The van der Waals surface area contributed by atoms with E-state index >= 15 is 0 Å². The molecule has 0 radical (unpaired) electrons. The maximum Gasteiger partial charge on any atom is 0.267 e. The van der Waals surface area contributed by atoms with E-state index in [-0.39, 0.29) is 10.8 Å². The summed E-state index contributed by atoms with van der Waals surface area (Å²) in [6.45, 7) is 1.89. The molecule has 0 aromatic heterocycles. The number of hydrogen-bond donors (Lipinski definition) is 0. The number of β-lactam (4-membered cyclic amide) rings is 1. The van der Waals surface area contributed by atoms with Crippen molar-refractivity contribution in [3.8, 4) is 0 Å². The number of hydrogen-bond acceptors (Lipinski definition) is 4. The lowest BCUT2D eigenvalue weighted by Gasteiger charge is -2.56. The van der Waals surface area contributed by atoms with E-state index in [0.717, 1.165) is 4.31 Å². The van der Waals surface area contributed by atoms with Crippen molar-refractivity contribution < 1.29 is 18.0 Å². The van der Waals surface area contributed by atoms with Gasteiger partial charge >= 0.3 is 0 Å². The lowest BCUT2D eigenvalue weighted by Crippen LogP contribution is -2.74. The Morgan fingerprint density at radius 1 is 1.04 bits per heavy atom. The second-order valence-corrected chi connectivity index (χ2v) is 8.75. The van der Waals surface area contributed by atoms with Crippen molar-refractivity contribution >= 4 is 21.8 Å². The van der Waals surface area contributed by atoms with Gasteiger partial charge in [0.2, 0.25) is 5.91 Å². The molecule has 0 N–H and O–H groups in total. The Balaban J connectivity index is 1.86. The molecule has 2 aliphatic heterocycles. The second kappa shape index (κ2) is 6.20. The van der Waals surface area contributed by atoms with Gasteiger partial charge in [-0.1, -0.05) is 48.5 Å². The van der Waals surface area contributed by atoms with E-state index in [2.05, 4.69) is 0 Å². The molecule has 2 aliphatic rings. The van der Waals surface area contributed by atoms with Gasteiger partial charge in [-0.2, -0.15) is 0 Å². The topological polar surface area (TPSA) is 74.8 Å². The fraction of sp³-hybridized carbons (Fsp3) is 0.300. The molecule has 0 bridgehead atoms. The van der Waals surface area contributed by atoms with Crippen LogP contribution in [-0.4, -0.2) is 41.5 Å². The van der Waals surface area contributed by atoms with Crippen molar-refractivity contribution in [2.24, 2.45) is 0 Å². The SMILES string of the molecule is CC(=O)N1CCC[C@@]12C(=O)N(S(=O)(=O)c1ccccc1)[C@H]2c1ccccc1. The third kappa shape index (κ3) is 2.41. The number of amides is 2. The molecule has 2 fully saturated rings. The predicted octanol–water partition coefficient (Wildman–Crippen LogP) is 2.34. The molecule has 2 aromatic rings. The Morgan fingerprint density at radius 2 is 1.63 bits per heavy atom. The van der Waals surface area contributed by atoms with Crippen LogP contribution in [0.5, 0.6) is 0 Å². The number of rotatable bonds is 3. The number of likely N-dealkylation sites (tertiary alicyclic amines) is 1. The van der Waals surface area contributed by atoms with E-state index in [1.54, 1.807) is 23.1 Å². The quantitative estimate of drug-likeness (QED) is 0.762. The van der Waals surface area contributed by atoms with Gasteiger partial charge in [-0.15, -0.1) is 0 Å². The summed E-state index contributed by atoms with van der Waals surface area (Å²) in [5.41, 5.74) is -0.403. The van der Waals surface area contributed by atoms with E-state index in [9.17, 15) is 18.0 Å². The Hall–Kier alpha value is -2.67. The van der Waals surface area contributed by atoms with Gasteiger partial charge in [0, 0.05) is 13.5 Å². The molecule has 2 saturated heterocycles. The van der Waals surface area contributed by atoms with Crippen LogP contribution in [0, 0.1) is 0 Å². The highest BCUT2D eigenvalue weighted by molar-refractivity contribution is 7.89. The van der Waals surface area contributed by atoms with Gasteiger partial charge < -0.3 is 4.90 Å². The van der Waals surface area contributed by atoms with Gasteiger partial charge in [0.15, 0.2) is 0 Å². The zero-order valence-corrected chi connectivity index (χ0v) is 15.7. The van der Waals surface area contributed by atoms with Crippen LogP contribution in [0.3, 0.4) is 0 Å². The monoisotopic (exact) mass is 384 g/mol. The third-order valence-electron chi connectivity index (χ3n) is 5.47. The van der Waals surface area contributed by atoms with Crippen LogP contribution in [0.4, 0.5) is 0 Å². The minimum atomic E-state index is -4.02. The summed E-state index contributed by atoms with van der Waals surface area (Å²) in [7, 11) is -4.02. The first kappa shape index (κ1) is 17.7. The normalized spacial score (nSPS) is 24.9. The molecule has 7 heteroatoms. The largest absolute Gasteiger partial charge is 0.326 e. The van der Waals surface area contributed by atoms with Crippen LogP contribution in [0.15, 0.2) is 65.6 Å². The van der Waals surface area contributed by atoms with E-state index in [1.807, 2.05) is 30.3 Å².